The zero-order valence-corrected chi connectivity index (χ0v) is 10.9. The minimum absolute atomic E-state index is 0.127. The lowest BCUT2D eigenvalue weighted by Crippen LogP contribution is -2.42. The van der Waals surface area contributed by atoms with Gasteiger partial charge in [0.1, 0.15) is 5.65 Å². The van der Waals surface area contributed by atoms with Gasteiger partial charge < -0.3 is 10.0 Å². The number of rotatable bonds is 2. The Morgan fingerprint density at radius 1 is 1.48 bits per heavy atom. The van der Waals surface area contributed by atoms with Crippen LogP contribution in [0.25, 0.3) is 5.65 Å². The normalized spacial score (nSPS) is 26.7. The zero-order valence-electron chi connectivity index (χ0n) is 10.9. The van der Waals surface area contributed by atoms with Crippen LogP contribution in [0.15, 0.2) is 18.5 Å². The van der Waals surface area contributed by atoms with Gasteiger partial charge in [0.05, 0.1) is 0 Å². The summed E-state index contributed by atoms with van der Waals surface area (Å²) in [7, 11) is 0. The van der Waals surface area contributed by atoms with Gasteiger partial charge in [0.15, 0.2) is 5.69 Å². The first-order valence-corrected chi connectivity index (χ1v) is 6.67. The number of halogens is 2. The fourth-order valence-electron chi connectivity index (χ4n) is 3.36. The molecule has 4 rings (SSSR count). The van der Waals surface area contributed by atoms with Crippen molar-refractivity contribution in [3.63, 3.8) is 0 Å². The molecule has 8 heteroatoms. The zero-order chi connectivity index (χ0) is 14.8. The average molecular weight is 294 g/mol. The van der Waals surface area contributed by atoms with Gasteiger partial charge in [0, 0.05) is 43.4 Å². The molecule has 0 amide bonds. The van der Waals surface area contributed by atoms with Gasteiger partial charge >= 0.3 is 5.97 Å². The summed E-state index contributed by atoms with van der Waals surface area (Å²) in [5.74, 6) is -4.09. The van der Waals surface area contributed by atoms with Crippen molar-refractivity contribution in [2.75, 3.05) is 11.4 Å². The first-order valence-electron chi connectivity index (χ1n) is 6.67. The Balaban J connectivity index is 1.81. The fourth-order valence-corrected chi connectivity index (χ4v) is 3.36. The maximum Gasteiger partial charge on any atom is 0.354 e. The number of fused-ring (bicyclic) bond motifs is 3. The second-order valence-corrected chi connectivity index (χ2v) is 5.61. The van der Waals surface area contributed by atoms with Gasteiger partial charge in [-0.15, -0.1) is 0 Å². The van der Waals surface area contributed by atoms with Gasteiger partial charge in [-0.3, -0.25) is 4.40 Å². The Hall–Kier alpha value is -2.25. The number of carboxylic acid groups (broad SMARTS) is 1. The molecule has 2 unspecified atom stereocenters. The number of aromatic carboxylic acids is 1. The Morgan fingerprint density at radius 3 is 2.90 bits per heavy atom. The number of anilines is 1. The van der Waals surface area contributed by atoms with E-state index in [4.69, 9.17) is 5.11 Å². The summed E-state index contributed by atoms with van der Waals surface area (Å²) in [5, 5.41) is 9.13. The van der Waals surface area contributed by atoms with E-state index in [0.717, 1.165) is 0 Å². The first-order chi connectivity index (χ1) is 9.95. The molecule has 110 valence electrons. The van der Waals surface area contributed by atoms with E-state index in [1.165, 1.54) is 12.3 Å². The van der Waals surface area contributed by atoms with Crippen LogP contribution in [0.5, 0.6) is 0 Å². The highest BCUT2D eigenvalue weighted by Crippen LogP contribution is 2.49. The van der Waals surface area contributed by atoms with Crippen LogP contribution in [0, 0.1) is 5.92 Å². The Bertz CT molecular complexity index is 745. The summed E-state index contributed by atoms with van der Waals surface area (Å²) in [5.41, 5.74) is 0.324. The van der Waals surface area contributed by atoms with E-state index in [9.17, 15) is 13.6 Å². The van der Waals surface area contributed by atoms with E-state index in [1.807, 2.05) is 0 Å². The molecule has 2 atom stereocenters. The highest BCUT2D eigenvalue weighted by Gasteiger charge is 2.56. The molecular formula is C13H12F2N4O2. The quantitative estimate of drug-likeness (QED) is 0.912. The third-order valence-electron chi connectivity index (χ3n) is 4.37. The summed E-state index contributed by atoms with van der Waals surface area (Å²) in [6.07, 6.45) is 3.41. The van der Waals surface area contributed by atoms with Crippen molar-refractivity contribution in [1.82, 2.24) is 14.4 Å². The molecule has 2 aromatic rings. The molecule has 1 saturated carbocycles. The summed E-state index contributed by atoms with van der Waals surface area (Å²) in [6, 6.07) is 1.07. The maximum atomic E-state index is 13.6. The SMILES string of the molecule is O=C(O)c1cc2nccn2c(N2CC3CC2CC3(F)F)n1. The van der Waals surface area contributed by atoms with Crippen molar-refractivity contribution >= 4 is 17.6 Å². The molecule has 0 radical (unpaired) electrons. The number of hydrogen-bond acceptors (Lipinski definition) is 4. The summed E-state index contributed by atoms with van der Waals surface area (Å²) >= 11 is 0. The monoisotopic (exact) mass is 294 g/mol. The molecule has 2 aliphatic rings. The Morgan fingerprint density at radius 2 is 2.29 bits per heavy atom. The van der Waals surface area contributed by atoms with Gasteiger partial charge in [-0.2, -0.15) is 0 Å². The van der Waals surface area contributed by atoms with E-state index in [2.05, 4.69) is 9.97 Å². The lowest BCUT2D eigenvalue weighted by Gasteiger charge is -2.32. The van der Waals surface area contributed by atoms with E-state index < -0.39 is 17.8 Å². The predicted octanol–water partition coefficient (Wildman–Crippen LogP) is 1.66. The molecule has 1 saturated heterocycles. The number of imidazole rings is 1. The highest BCUT2D eigenvalue weighted by molar-refractivity contribution is 5.87. The van der Waals surface area contributed by atoms with E-state index >= 15 is 0 Å². The standard InChI is InChI=1S/C13H12F2N4O2/c14-13(15)5-8-3-7(13)6-19(8)12-17-9(11(20)21)4-10-16-1-2-18(10)12/h1-2,4,7-8H,3,5-6H2,(H,20,21). The second-order valence-electron chi connectivity index (χ2n) is 5.61. The van der Waals surface area contributed by atoms with Crippen LogP contribution < -0.4 is 4.90 Å². The number of hydrogen-bond donors (Lipinski definition) is 1. The van der Waals surface area contributed by atoms with E-state index in [1.54, 1.807) is 15.5 Å². The third kappa shape index (κ3) is 1.71. The first kappa shape index (κ1) is 12.5. The van der Waals surface area contributed by atoms with Crippen LogP contribution in [-0.4, -0.2) is 44.0 Å². The van der Waals surface area contributed by atoms with Crippen LogP contribution in [0.1, 0.15) is 23.3 Å². The van der Waals surface area contributed by atoms with Crippen molar-refractivity contribution < 1.29 is 18.7 Å². The molecule has 1 aliphatic carbocycles. The highest BCUT2D eigenvalue weighted by atomic mass is 19.3. The molecule has 2 aromatic heterocycles. The lowest BCUT2D eigenvalue weighted by atomic mass is 10.1. The molecule has 6 nitrogen and oxygen atoms in total. The number of alkyl halides is 2. The minimum Gasteiger partial charge on any atom is -0.477 e. The van der Waals surface area contributed by atoms with Crippen LogP contribution in [-0.2, 0) is 0 Å². The molecule has 2 bridgehead atoms. The topological polar surface area (TPSA) is 70.7 Å². The van der Waals surface area contributed by atoms with Crippen LogP contribution in [0.3, 0.4) is 0 Å². The minimum atomic E-state index is -2.63. The van der Waals surface area contributed by atoms with Gasteiger partial charge in [-0.25, -0.2) is 23.5 Å². The lowest BCUT2D eigenvalue weighted by molar-refractivity contribution is -0.0412. The van der Waals surface area contributed by atoms with Crippen LogP contribution in [0.4, 0.5) is 14.7 Å². The van der Waals surface area contributed by atoms with E-state index in [-0.39, 0.29) is 24.7 Å². The molecule has 21 heavy (non-hydrogen) atoms. The van der Waals surface area contributed by atoms with Crippen LogP contribution in [0.2, 0.25) is 0 Å². The molecule has 1 aliphatic heterocycles. The van der Waals surface area contributed by atoms with Gasteiger partial charge in [0.2, 0.25) is 5.95 Å². The summed E-state index contributed by atoms with van der Waals surface area (Å²) in [6.45, 7) is 0.195. The summed E-state index contributed by atoms with van der Waals surface area (Å²) in [4.78, 5) is 21.1. The number of carboxylic acids is 1. The Kier molecular flexibility index (Phi) is 2.32. The largest absolute Gasteiger partial charge is 0.477 e. The van der Waals surface area contributed by atoms with Crippen LogP contribution >= 0.6 is 0 Å². The fraction of sp³-hybridized carbons (Fsp3) is 0.462. The predicted molar refractivity (Wildman–Crippen MR) is 68.8 cm³/mol. The number of carbonyl (C=O) groups is 1. The van der Waals surface area contributed by atoms with Crippen molar-refractivity contribution in [1.29, 1.82) is 0 Å². The molecule has 2 fully saturated rings. The molecular weight excluding hydrogens is 282 g/mol. The smallest absolute Gasteiger partial charge is 0.354 e. The number of nitrogens with zero attached hydrogens (tertiary/aromatic N) is 4. The number of piperidine rings is 1. The summed E-state index contributed by atoms with van der Waals surface area (Å²) < 4.78 is 28.9. The van der Waals surface area contributed by atoms with Crippen molar-refractivity contribution in [2.24, 2.45) is 5.92 Å². The van der Waals surface area contributed by atoms with Crippen molar-refractivity contribution in [3.8, 4) is 0 Å². The maximum absolute atomic E-state index is 13.6. The molecule has 0 spiro atoms. The van der Waals surface area contributed by atoms with Gasteiger partial charge in [0.25, 0.3) is 5.92 Å². The second kappa shape index (κ2) is 3.90. The van der Waals surface area contributed by atoms with E-state index in [0.29, 0.717) is 18.0 Å². The molecule has 0 aromatic carbocycles. The molecule has 3 heterocycles. The van der Waals surface area contributed by atoms with Crippen molar-refractivity contribution in [3.05, 3.63) is 24.2 Å². The molecule has 1 N–H and O–H groups in total. The number of aromatic nitrogens is 3. The van der Waals surface area contributed by atoms with Gasteiger partial charge in [-0.1, -0.05) is 0 Å². The van der Waals surface area contributed by atoms with Crippen molar-refractivity contribution in [2.45, 2.75) is 24.8 Å². The Labute approximate surface area is 118 Å². The average Bonchev–Trinajstić information content (AvgIpc) is 3.08. The van der Waals surface area contributed by atoms with Gasteiger partial charge in [-0.05, 0) is 6.42 Å². The third-order valence-corrected chi connectivity index (χ3v) is 4.37.